The van der Waals surface area contributed by atoms with Crippen molar-refractivity contribution >= 4 is 58.4 Å². The van der Waals surface area contributed by atoms with Gasteiger partial charge in [0, 0.05) is 77.7 Å². The molecule has 0 atom stereocenters. The minimum atomic E-state index is -1.47. The van der Waals surface area contributed by atoms with Crippen molar-refractivity contribution in [2.75, 3.05) is 52.9 Å². The third-order valence-electron chi connectivity index (χ3n) is 20.9. The second-order valence-electron chi connectivity index (χ2n) is 26.4. The van der Waals surface area contributed by atoms with Crippen LogP contribution in [0.3, 0.4) is 0 Å². The van der Waals surface area contributed by atoms with E-state index in [9.17, 15) is 0 Å². The van der Waals surface area contributed by atoms with Crippen LogP contribution in [0.2, 0.25) is 0 Å². The number of aromatic nitrogens is 4. The van der Waals surface area contributed by atoms with Gasteiger partial charge in [0.1, 0.15) is 75.9 Å². The highest BCUT2D eigenvalue weighted by atomic mass is 16.6. The smallest absolute Gasteiger partial charge is 0.325 e. The van der Waals surface area contributed by atoms with Crippen molar-refractivity contribution in [1.82, 2.24) is 39.5 Å². The van der Waals surface area contributed by atoms with Gasteiger partial charge >= 0.3 is 12.1 Å². The monoisotopic (exact) mass is 1340 g/mol. The molecule has 18 heteroatoms. The van der Waals surface area contributed by atoms with E-state index in [0.717, 1.165) is 100.0 Å². The number of fused-ring (bicyclic) bond motifs is 20. The summed E-state index contributed by atoms with van der Waals surface area (Å²) in [6.45, 7) is 1.21. The van der Waals surface area contributed by atoms with Crippen LogP contribution in [-0.4, -0.2) is 104 Å². The summed E-state index contributed by atoms with van der Waals surface area (Å²) in [7, 11) is 0. The molecule has 11 aromatic rings. The summed E-state index contributed by atoms with van der Waals surface area (Å²) in [5.41, 5.74) is 13.7. The van der Waals surface area contributed by atoms with E-state index in [0.29, 0.717) is 68.8 Å². The number of H-pyrrole nitrogens is 2. The molecule has 0 aliphatic carbocycles. The number of nitrogens with one attached hydrogen (secondary N) is 2. The van der Waals surface area contributed by atoms with Crippen molar-refractivity contribution in [3.05, 3.63) is 262 Å². The van der Waals surface area contributed by atoms with E-state index in [-0.39, 0.29) is 91.1 Å². The average Bonchev–Trinajstić information content (AvgIpc) is 1.47. The van der Waals surface area contributed by atoms with Crippen LogP contribution >= 0.6 is 0 Å². The summed E-state index contributed by atoms with van der Waals surface area (Å²) >= 11 is 0. The Morgan fingerprint density at radius 3 is 0.784 bits per heavy atom. The van der Waals surface area contributed by atoms with Gasteiger partial charge in [0.2, 0.25) is 0 Å². The second-order valence-corrected chi connectivity index (χ2v) is 26.4. The quantitative estimate of drug-likeness (QED) is 0.168. The van der Waals surface area contributed by atoms with Crippen LogP contribution in [0.25, 0.3) is 90.9 Å². The molecule has 500 valence electrons. The number of carbonyl (C=O) groups excluding carboxylic acids is 2. The molecule has 8 aliphatic rings. The number of hydrogen-bond acceptors (Lipinski definition) is 12. The Labute approximate surface area is 585 Å². The van der Waals surface area contributed by atoms with E-state index in [1.54, 1.807) is 0 Å². The highest BCUT2D eigenvalue weighted by molar-refractivity contribution is 6.02. The van der Waals surface area contributed by atoms with Crippen LogP contribution in [0.15, 0.2) is 206 Å². The highest BCUT2D eigenvalue weighted by Crippen LogP contribution is 2.66. The van der Waals surface area contributed by atoms with Crippen molar-refractivity contribution in [2.24, 2.45) is 0 Å². The number of nitrogens with zero attached hydrogens (tertiary/aromatic N) is 6. The second kappa shape index (κ2) is 23.5. The molecule has 2 fully saturated rings. The SMILES string of the molecule is O=C1N2Cc3cc4c5cc3CN3C(=O)N6Cc7cc8c(cc7CN1C6(c1ccccc1)C23c1ccccc1)OCCOc1ccccc1-c1c2nc(c(c3ccc([nH]3)c(c3nc(c(c6ccc1[nH]6)-c1ccccc1OCCO5)C=C3)-c1ccccc1OCCO4)-c1ccccc1OCCO8)C=C2. The number of rotatable bonds is 2. The summed E-state index contributed by atoms with van der Waals surface area (Å²) in [6, 6.07) is 67.8. The number of hydrogen-bond donors (Lipinski definition) is 2. The summed E-state index contributed by atoms with van der Waals surface area (Å²) in [5, 5.41) is 0. The molecule has 18 nitrogen and oxygen atoms in total. The molecule has 8 aromatic carbocycles. The number of aromatic amines is 2. The van der Waals surface area contributed by atoms with E-state index in [1.165, 1.54) is 0 Å². The topological polar surface area (TPSA) is 178 Å². The molecular formula is C84H64N8O10. The minimum Gasteiger partial charge on any atom is -0.489 e. The number of para-hydroxylation sites is 4. The normalized spacial score (nSPS) is 18.9. The van der Waals surface area contributed by atoms with Crippen LogP contribution < -0.4 is 37.9 Å². The largest absolute Gasteiger partial charge is 0.489 e. The summed E-state index contributed by atoms with van der Waals surface area (Å²) in [4.78, 5) is 60.2. The molecule has 0 spiro atoms. The molecule has 8 aliphatic heterocycles. The zero-order valence-electron chi connectivity index (χ0n) is 55.2. The van der Waals surface area contributed by atoms with Crippen LogP contribution in [0.5, 0.6) is 46.0 Å². The zero-order valence-corrected chi connectivity index (χ0v) is 55.2. The van der Waals surface area contributed by atoms with Crippen molar-refractivity contribution in [3.8, 4) is 90.5 Å². The molecule has 0 saturated carbocycles. The van der Waals surface area contributed by atoms with E-state index in [1.807, 2.05) is 177 Å². The van der Waals surface area contributed by atoms with E-state index < -0.39 is 11.3 Å². The van der Waals surface area contributed by atoms with Gasteiger partial charge in [0.15, 0.2) is 34.3 Å². The number of carbonyl (C=O) groups is 2. The van der Waals surface area contributed by atoms with Crippen molar-refractivity contribution in [1.29, 1.82) is 0 Å². The number of urea groups is 2. The Bertz CT molecular complexity index is 4950. The lowest BCUT2D eigenvalue weighted by Crippen LogP contribution is -2.62. The first-order valence-electron chi connectivity index (χ1n) is 34.5. The number of amides is 4. The predicted octanol–water partition coefficient (Wildman–Crippen LogP) is 16.0. The van der Waals surface area contributed by atoms with Crippen molar-refractivity contribution in [2.45, 2.75) is 37.5 Å². The van der Waals surface area contributed by atoms with Crippen molar-refractivity contribution in [3.63, 3.8) is 0 Å². The molecule has 2 saturated heterocycles. The van der Waals surface area contributed by atoms with E-state index in [4.69, 9.17) is 47.9 Å². The van der Waals surface area contributed by atoms with E-state index in [2.05, 4.69) is 82.8 Å². The molecule has 4 amide bonds. The third kappa shape index (κ3) is 9.03. The van der Waals surface area contributed by atoms with Gasteiger partial charge in [-0.15, -0.1) is 0 Å². The van der Waals surface area contributed by atoms with Crippen LogP contribution in [0.1, 0.15) is 56.2 Å². The fourth-order valence-electron chi connectivity index (χ4n) is 16.7. The maximum atomic E-state index is 16.7. The molecular weight excluding hydrogens is 1280 g/mol. The van der Waals surface area contributed by atoms with Gasteiger partial charge in [-0.25, -0.2) is 19.6 Å². The van der Waals surface area contributed by atoms with Gasteiger partial charge in [-0.3, -0.25) is 19.6 Å². The first kappa shape index (κ1) is 59.4. The maximum absolute atomic E-state index is 16.7. The molecule has 12 bridgehead atoms. The van der Waals surface area contributed by atoms with Gasteiger partial charge in [0.05, 0.1) is 49.0 Å². The summed E-state index contributed by atoms with van der Waals surface area (Å²) in [5.74, 6) is 4.11. The van der Waals surface area contributed by atoms with Crippen LogP contribution in [0, 0.1) is 0 Å². The molecule has 19 rings (SSSR count). The first-order chi connectivity index (χ1) is 50.4. The fraction of sp³-hybridized carbons (Fsp3) is 0.167. The van der Waals surface area contributed by atoms with Crippen LogP contribution in [0.4, 0.5) is 9.59 Å². The maximum Gasteiger partial charge on any atom is 0.325 e. The number of ether oxygens (including phenoxy) is 8. The van der Waals surface area contributed by atoms with Crippen LogP contribution in [-0.2, 0) is 37.5 Å². The Balaban J connectivity index is 0.886. The third-order valence-corrected chi connectivity index (χ3v) is 20.9. The summed E-state index contributed by atoms with van der Waals surface area (Å²) in [6.07, 6.45) is 8.25. The Hall–Kier alpha value is -12.7. The van der Waals surface area contributed by atoms with Gasteiger partial charge in [-0.2, -0.15) is 0 Å². The predicted molar refractivity (Wildman–Crippen MR) is 387 cm³/mol. The molecule has 11 heterocycles. The minimum absolute atomic E-state index is 0.0929. The lowest BCUT2D eigenvalue weighted by atomic mass is 9.79. The van der Waals surface area contributed by atoms with Gasteiger partial charge in [0.25, 0.3) is 0 Å². The average molecular weight is 1350 g/mol. The molecule has 3 aromatic heterocycles. The van der Waals surface area contributed by atoms with Gasteiger partial charge < -0.3 is 47.9 Å². The van der Waals surface area contributed by atoms with E-state index >= 15 is 9.59 Å². The van der Waals surface area contributed by atoms with Crippen molar-refractivity contribution < 1.29 is 47.5 Å². The zero-order chi connectivity index (χ0) is 67.6. The Morgan fingerprint density at radius 2 is 0.520 bits per heavy atom. The molecule has 2 N–H and O–H groups in total. The molecule has 102 heavy (non-hydrogen) atoms. The van der Waals surface area contributed by atoms with Gasteiger partial charge in [-0.05, 0) is 119 Å². The molecule has 0 unspecified atom stereocenters. The standard InChI is InChI=1S/C84H64N8O10/c93-81-89-47-51-43-73-74-44-52(51)48-90-82(94)92-50-53-45-75-76(46-54(53)49-91(81)84(92,56-17-5-2-6-18-56)83(89,90)55-15-3-1-4-16-55)102-42-38-98-72-26-14-10-22-60(72)80-64-30-29-63(86-64)79(59-21-9-13-25-71(59)97-37-41-101-75)67-33-31-65(87-67)77(57-19-7-11-23-69(57)95-35-39-99-73)61-27-28-62(85-61)78(66-32-34-68(80)88-66)58-20-8-12-24-70(58)96-36-40-100-74/h1-34,43-46,87-88H,35-42,47-50H2. The first-order valence-corrected chi connectivity index (χ1v) is 34.5. The summed E-state index contributed by atoms with van der Waals surface area (Å²) < 4.78 is 55.5. The highest BCUT2D eigenvalue weighted by Gasteiger charge is 2.80. The lowest BCUT2D eigenvalue weighted by molar-refractivity contribution is -0.0793. The molecule has 0 radical (unpaired) electrons. The fourth-order valence-corrected chi connectivity index (χ4v) is 16.7. The Morgan fingerprint density at radius 1 is 0.284 bits per heavy atom. The van der Waals surface area contributed by atoms with Gasteiger partial charge in [-0.1, -0.05) is 133 Å². The Kier molecular flexibility index (Phi) is 13.7. The lowest BCUT2D eigenvalue weighted by Gasteiger charge is -2.49. The number of benzene rings is 8.